The third-order valence-corrected chi connectivity index (χ3v) is 3.84. The zero-order valence-electron chi connectivity index (χ0n) is 11.2. The summed E-state index contributed by atoms with van der Waals surface area (Å²) in [6.07, 6.45) is 3.12. The van der Waals surface area contributed by atoms with Gasteiger partial charge in [0, 0.05) is 5.41 Å². The molecule has 0 heteroatoms. The van der Waals surface area contributed by atoms with Gasteiger partial charge in [0.25, 0.3) is 0 Å². The van der Waals surface area contributed by atoms with Gasteiger partial charge in [0.15, 0.2) is 0 Å². The first-order chi connectivity index (χ1) is 8.69. The average molecular weight is 236 g/mol. The van der Waals surface area contributed by atoms with Gasteiger partial charge in [-0.2, -0.15) is 0 Å². The lowest BCUT2D eigenvalue weighted by Gasteiger charge is -2.24. The Balaban J connectivity index is 2.34. The second-order valence-corrected chi connectivity index (χ2v) is 4.92. The highest BCUT2D eigenvalue weighted by Crippen LogP contribution is 2.30. The average Bonchev–Trinajstić information content (AvgIpc) is 2.47. The summed E-state index contributed by atoms with van der Waals surface area (Å²) in [7, 11) is 0. The summed E-state index contributed by atoms with van der Waals surface area (Å²) < 4.78 is 0. The number of hydrogen-bond donors (Lipinski definition) is 0. The van der Waals surface area contributed by atoms with Crippen LogP contribution in [0.1, 0.15) is 25.8 Å². The van der Waals surface area contributed by atoms with E-state index in [4.69, 9.17) is 0 Å². The molecular formula is C18H20. The van der Waals surface area contributed by atoms with E-state index in [1.54, 1.807) is 0 Å². The number of rotatable bonds is 4. The van der Waals surface area contributed by atoms with Gasteiger partial charge in [0.05, 0.1) is 0 Å². The Hall–Kier alpha value is -1.82. The molecule has 0 bridgehead atoms. The molecule has 0 aliphatic heterocycles. The van der Waals surface area contributed by atoms with Gasteiger partial charge < -0.3 is 0 Å². The minimum absolute atomic E-state index is 0.0786. The van der Waals surface area contributed by atoms with Crippen LogP contribution in [-0.2, 0) is 5.41 Å². The lowest BCUT2D eigenvalue weighted by molar-refractivity contribution is 0.574. The Kier molecular flexibility index (Phi) is 3.66. The van der Waals surface area contributed by atoms with E-state index < -0.39 is 0 Å². The van der Waals surface area contributed by atoms with Crippen LogP contribution in [-0.4, -0.2) is 0 Å². The molecule has 2 rings (SSSR count). The molecule has 0 unspecified atom stereocenters. The smallest absolute Gasteiger partial charge is 0.00983 e. The third kappa shape index (κ3) is 2.38. The molecule has 0 radical (unpaired) electrons. The number of allylic oxidation sites excluding steroid dienone is 1. The highest BCUT2D eigenvalue weighted by Gasteiger charge is 2.19. The molecular weight excluding hydrogens is 216 g/mol. The third-order valence-electron chi connectivity index (χ3n) is 3.84. The van der Waals surface area contributed by atoms with Crippen molar-refractivity contribution in [2.24, 2.45) is 0 Å². The summed E-state index contributed by atoms with van der Waals surface area (Å²) in [4.78, 5) is 0. The Morgan fingerprint density at radius 3 is 2.00 bits per heavy atom. The van der Waals surface area contributed by atoms with Crippen LogP contribution in [0.2, 0.25) is 0 Å². The molecule has 0 spiro atoms. The summed E-state index contributed by atoms with van der Waals surface area (Å²) in [5, 5.41) is 0. The standard InChI is InChI=1S/C18H20/c1-4-18(3,5-2)17-13-11-16(12-14-17)15-9-7-6-8-10-15/h4,6-14H,1,5H2,2-3H3/t18-/m1/s1. The number of hydrogen-bond acceptors (Lipinski definition) is 0. The minimum Gasteiger partial charge on any atom is -0.102 e. The van der Waals surface area contributed by atoms with Crippen molar-refractivity contribution in [1.29, 1.82) is 0 Å². The molecule has 0 heterocycles. The SMILES string of the molecule is C=C[C@](C)(CC)c1ccc(-c2ccccc2)cc1. The van der Waals surface area contributed by atoms with E-state index in [0.29, 0.717) is 0 Å². The van der Waals surface area contributed by atoms with Crippen LogP contribution in [0.15, 0.2) is 67.3 Å². The summed E-state index contributed by atoms with van der Waals surface area (Å²) in [5.41, 5.74) is 3.94. The van der Waals surface area contributed by atoms with Gasteiger partial charge in [-0.25, -0.2) is 0 Å². The van der Waals surface area contributed by atoms with Crippen LogP contribution in [0.25, 0.3) is 11.1 Å². The van der Waals surface area contributed by atoms with Crippen molar-refractivity contribution in [1.82, 2.24) is 0 Å². The van der Waals surface area contributed by atoms with Gasteiger partial charge in [0.2, 0.25) is 0 Å². The Labute approximate surface area is 110 Å². The van der Waals surface area contributed by atoms with Gasteiger partial charge in [-0.3, -0.25) is 0 Å². The molecule has 0 N–H and O–H groups in total. The lowest BCUT2D eigenvalue weighted by Crippen LogP contribution is -2.16. The van der Waals surface area contributed by atoms with E-state index in [9.17, 15) is 0 Å². The van der Waals surface area contributed by atoms with Crippen LogP contribution >= 0.6 is 0 Å². The van der Waals surface area contributed by atoms with Crippen molar-refractivity contribution in [3.63, 3.8) is 0 Å². The van der Waals surface area contributed by atoms with Crippen LogP contribution in [0, 0.1) is 0 Å². The van der Waals surface area contributed by atoms with Crippen LogP contribution in [0.5, 0.6) is 0 Å². The zero-order valence-corrected chi connectivity index (χ0v) is 11.2. The maximum absolute atomic E-state index is 3.96. The summed E-state index contributed by atoms with van der Waals surface area (Å²) >= 11 is 0. The van der Waals surface area contributed by atoms with Crippen LogP contribution < -0.4 is 0 Å². The van der Waals surface area contributed by atoms with Crippen LogP contribution in [0.4, 0.5) is 0 Å². The van der Waals surface area contributed by atoms with Crippen molar-refractivity contribution >= 4 is 0 Å². The molecule has 92 valence electrons. The monoisotopic (exact) mass is 236 g/mol. The summed E-state index contributed by atoms with van der Waals surface area (Å²) in [5.74, 6) is 0. The highest BCUT2D eigenvalue weighted by atomic mass is 14.2. The fourth-order valence-electron chi connectivity index (χ4n) is 2.14. The van der Waals surface area contributed by atoms with Crippen molar-refractivity contribution in [3.8, 4) is 11.1 Å². The molecule has 0 aliphatic rings. The Morgan fingerprint density at radius 2 is 1.50 bits per heavy atom. The molecule has 0 saturated carbocycles. The van der Waals surface area contributed by atoms with E-state index >= 15 is 0 Å². The summed E-state index contributed by atoms with van der Waals surface area (Å²) in [6.45, 7) is 8.40. The molecule has 2 aromatic rings. The van der Waals surface area contributed by atoms with Crippen molar-refractivity contribution in [2.45, 2.75) is 25.7 Å². The van der Waals surface area contributed by atoms with E-state index in [-0.39, 0.29) is 5.41 Å². The molecule has 0 aliphatic carbocycles. The fraction of sp³-hybridized carbons (Fsp3) is 0.222. The first kappa shape index (κ1) is 12.6. The molecule has 18 heavy (non-hydrogen) atoms. The second kappa shape index (κ2) is 5.22. The predicted octanol–water partition coefficient (Wildman–Crippen LogP) is 5.21. The maximum Gasteiger partial charge on any atom is 0.00983 e. The van der Waals surface area contributed by atoms with Gasteiger partial charge >= 0.3 is 0 Å². The first-order valence-electron chi connectivity index (χ1n) is 6.49. The molecule has 0 saturated heterocycles. The van der Waals surface area contributed by atoms with E-state index in [2.05, 4.69) is 69.0 Å². The zero-order chi connectivity index (χ0) is 13.0. The largest absolute Gasteiger partial charge is 0.102 e. The van der Waals surface area contributed by atoms with E-state index in [0.717, 1.165) is 6.42 Å². The molecule has 0 aromatic heterocycles. The molecule has 0 nitrogen and oxygen atoms in total. The van der Waals surface area contributed by atoms with Crippen molar-refractivity contribution in [3.05, 3.63) is 72.8 Å². The van der Waals surface area contributed by atoms with Crippen LogP contribution in [0.3, 0.4) is 0 Å². The maximum atomic E-state index is 3.96. The van der Waals surface area contributed by atoms with Crippen molar-refractivity contribution in [2.75, 3.05) is 0 Å². The quantitative estimate of drug-likeness (QED) is 0.639. The predicted molar refractivity (Wildman–Crippen MR) is 79.7 cm³/mol. The second-order valence-electron chi connectivity index (χ2n) is 4.92. The van der Waals surface area contributed by atoms with Gasteiger partial charge in [-0.05, 0) is 23.1 Å². The van der Waals surface area contributed by atoms with Gasteiger partial charge in [0.1, 0.15) is 0 Å². The fourth-order valence-corrected chi connectivity index (χ4v) is 2.14. The van der Waals surface area contributed by atoms with E-state index in [1.165, 1.54) is 16.7 Å². The lowest BCUT2D eigenvalue weighted by atomic mass is 9.80. The van der Waals surface area contributed by atoms with Gasteiger partial charge in [-0.1, -0.05) is 74.5 Å². The molecule has 2 aromatic carbocycles. The van der Waals surface area contributed by atoms with E-state index in [1.807, 2.05) is 12.1 Å². The first-order valence-corrected chi connectivity index (χ1v) is 6.49. The number of benzene rings is 2. The van der Waals surface area contributed by atoms with Gasteiger partial charge in [-0.15, -0.1) is 6.58 Å². The molecule has 0 amide bonds. The Morgan fingerprint density at radius 1 is 0.944 bits per heavy atom. The minimum atomic E-state index is 0.0786. The van der Waals surface area contributed by atoms with Crippen molar-refractivity contribution < 1.29 is 0 Å². The molecule has 0 fully saturated rings. The topological polar surface area (TPSA) is 0 Å². The Bertz CT molecular complexity index is 507. The molecule has 1 atom stereocenters. The normalized spacial score (nSPS) is 13.9. The summed E-state index contributed by atoms with van der Waals surface area (Å²) in [6, 6.07) is 19.3. The highest BCUT2D eigenvalue weighted by molar-refractivity contribution is 5.63.